The molecule has 0 spiro atoms. The molecule has 2 aliphatic heterocycles. The van der Waals surface area contributed by atoms with Crippen molar-refractivity contribution in [1.29, 1.82) is 0 Å². The molecule has 0 bridgehead atoms. The molecule has 0 radical (unpaired) electrons. The van der Waals surface area contributed by atoms with Crippen LogP contribution in [0.5, 0.6) is 0 Å². The van der Waals surface area contributed by atoms with Crippen molar-refractivity contribution in [3.63, 3.8) is 0 Å². The van der Waals surface area contributed by atoms with E-state index < -0.39 is 5.60 Å². The maximum atomic E-state index is 12.2. The summed E-state index contributed by atoms with van der Waals surface area (Å²) in [5, 5.41) is 0. The first-order chi connectivity index (χ1) is 11.8. The Labute approximate surface area is 150 Å². The van der Waals surface area contributed by atoms with Crippen LogP contribution < -0.4 is 0 Å². The Hall–Kier alpha value is -1.91. The van der Waals surface area contributed by atoms with Gasteiger partial charge < -0.3 is 9.64 Å². The molecule has 5 heteroatoms. The van der Waals surface area contributed by atoms with E-state index in [2.05, 4.69) is 18.0 Å². The number of rotatable bonds is 1. The van der Waals surface area contributed by atoms with Gasteiger partial charge in [0, 0.05) is 25.0 Å². The molecule has 1 amide bonds. The van der Waals surface area contributed by atoms with Crippen molar-refractivity contribution >= 4 is 17.5 Å². The number of fused-ring (bicyclic) bond motifs is 1. The number of carbonyl (C=O) groups is 1. The molecule has 0 N–H and O–H groups in total. The van der Waals surface area contributed by atoms with Gasteiger partial charge in [0.05, 0.1) is 11.4 Å². The molecule has 136 valence electrons. The van der Waals surface area contributed by atoms with E-state index in [4.69, 9.17) is 9.73 Å². The molecule has 0 unspecified atom stereocenters. The van der Waals surface area contributed by atoms with Crippen molar-refractivity contribution in [2.24, 2.45) is 4.99 Å². The van der Waals surface area contributed by atoms with Gasteiger partial charge in [-0.25, -0.2) is 4.79 Å². The summed E-state index contributed by atoms with van der Waals surface area (Å²) in [6, 6.07) is 2.21. The molecular weight excluding hydrogens is 314 g/mol. The first-order valence-electron chi connectivity index (χ1n) is 9.33. The van der Waals surface area contributed by atoms with Crippen LogP contribution in [0.1, 0.15) is 70.6 Å². The summed E-state index contributed by atoms with van der Waals surface area (Å²) in [5.74, 6) is 0.440. The predicted octanol–water partition coefficient (Wildman–Crippen LogP) is 4.62. The van der Waals surface area contributed by atoms with Crippen molar-refractivity contribution in [1.82, 2.24) is 9.88 Å². The zero-order valence-electron chi connectivity index (χ0n) is 15.8. The number of aromatic nitrogens is 1. The van der Waals surface area contributed by atoms with Crippen molar-refractivity contribution in [2.45, 2.75) is 71.3 Å². The molecule has 25 heavy (non-hydrogen) atoms. The van der Waals surface area contributed by atoms with E-state index in [1.54, 1.807) is 0 Å². The Bertz CT molecular complexity index is 668. The lowest BCUT2D eigenvalue weighted by atomic mass is 9.90. The summed E-state index contributed by atoms with van der Waals surface area (Å²) >= 11 is 0. The van der Waals surface area contributed by atoms with E-state index >= 15 is 0 Å². The van der Waals surface area contributed by atoms with Gasteiger partial charge in [-0.15, -0.1) is 0 Å². The molecule has 1 aromatic heterocycles. The van der Waals surface area contributed by atoms with E-state index in [0.717, 1.165) is 56.6 Å². The molecule has 0 aromatic carbocycles. The standard InChI is InChI=1S/C20H29N3O2/c1-14-6-5-7-17-18(22-14)12-16(13-21-17)15-8-10-23(11-9-15)19(24)25-20(2,3)4/h12-13,15H,5-11H2,1-4H3. The summed E-state index contributed by atoms with van der Waals surface area (Å²) < 4.78 is 5.48. The van der Waals surface area contributed by atoms with Crippen LogP contribution in [0.25, 0.3) is 0 Å². The normalized spacial score (nSPS) is 19.0. The first-order valence-corrected chi connectivity index (χ1v) is 9.33. The van der Waals surface area contributed by atoms with Crippen LogP contribution in [0.3, 0.4) is 0 Å². The summed E-state index contributed by atoms with van der Waals surface area (Å²) in [5.41, 5.74) is 4.16. The molecule has 1 saturated heterocycles. The number of piperidine rings is 1. The summed E-state index contributed by atoms with van der Waals surface area (Å²) in [7, 11) is 0. The minimum Gasteiger partial charge on any atom is -0.444 e. The van der Waals surface area contributed by atoms with Crippen LogP contribution in [-0.2, 0) is 11.2 Å². The second-order valence-electron chi connectivity index (χ2n) is 8.18. The number of carbonyl (C=O) groups excluding carboxylic acids is 1. The molecule has 3 heterocycles. The number of amides is 1. The topological polar surface area (TPSA) is 54.8 Å². The van der Waals surface area contributed by atoms with E-state index in [0.29, 0.717) is 5.92 Å². The van der Waals surface area contributed by atoms with Crippen LogP contribution in [-0.4, -0.2) is 40.4 Å². The van der Waals surface area contributed by atoms with Crippen LogP contribution in [0.2, 0.25) is 0 Å². The van der Waals surface area contributed by atoms with Gasteiger partial charge in [-0.2, -0.15) is 0 Å². The third-order valence-electron chi connectivity index (χ3n) is 4.85. The average Bonchev–Trinajstić information content (AvgIpc) is 2.73. The molecule has 2 aliphatic rings. The molecule has 1 aromatic rings. The minimum atomic E-state index is -0.440. The van der Waals surface area contributed by atoms with Crippen molar-refractivity contribution < 1.29 is 9.53 Å². The molecule has 5 nitrogen and oxygen atoms in total. The maximum Gasteiger partial charge on any atom is 0.410 e. The van der Waals surface area contributed by atoms with Gasteiger partial charge >= 0.3 is 6.09 Å². The number of hydrogen-bond donors (Lipinski definition) is 0. The van der Waals surface area contributed by atoms with Crippen LogP contribution >= 0.6 is 0 Å². The molecule has 0 aliphatic carbocycles. The van der Waals surface area contributed by atoms with Crippen LogP contribution in [0.4, 0.5) is 10.5 Å². The summed E-state index contributed by atoms with van der Waals surface area (Å²) in [6.45, 7) is 9.28. The highest BCUT2D eigenvalue weighted by atomic mass is 16.6. The molecule has 0 saturated carbocycles. The Morgan fingerprint density at radius 3 is 2.64 bits per heavy atom. The maximum absolute atomic E-state index is 12.2. The van der Waals surface area contributed by atoms with Gasteiger partial charge in [-0.1, -0.05) is 0 Å². The number of aliphatic imine (C=N–C) groups is 1. The van der Waals surface area contributed by atoms with Crippen molar-refractivity contribution in [2.75, 3.05) is 13.1 Å². The third-order valence-corrected chi connectivity index (χ3v) is 4.85. The fraction of sp³-hybridized carbons (Fsp3) is 0.650. The summed E-state index contributed by atoms with van der Waals surface area (Å²) in [6.07, 6.45) is 6.90. The Balaban J connectivity index is 1.65. The van der Waals surface area contributed by atoms with E-state index in [9.17, 15) is 4.79 Å². The van der Waals surface area contributed by atoms with Gasteiger partial charge in [0.1, 0.15) is 5.60 Å². The number of ether oxygens (including phenoxy) is 1. The fourth-order valence-electron chi connectivity index (χ4n) is 3.50. The second kappa shape index (κ2) is 7.14. The summed E-state index contributed by atoms with van der Waals surface area (Å²) in [4.78, 5) is 23.4. The SMILES string of the molecule is CC1=Nc2cc(C3CCN(C(=O)OC(C)(C)C)CC3)cnc2CCC1. The highest BCUT2D eigenvalue weighted by Gasteiger charge is 2.28. The monoisotopic (exact) mass is 343 g/mol. The van der Waals surface area contributed by atoms with Gasteiger partial charge in [-0.3, -0.25) is 9.98 Å². The lowest BCUT2D eigenvalue weighted by Crippen LogP contribution is -2.41. The highest BCUT2D eigenvalue weighted by molar-refractivity contribution is 5.85. The molecular formula is C20H29N3O2. The molecule has 0 atom stereocenters. The number of nitrogens with zero attached hydrogens (tertiary/aromatic N) is 3. The number of aryl methyl sites for hydroxylation is 1. The zero-order valence-corrected chi connectivity index (χ0v) is 15.8. The quantitative estimate of drug-likeness (QED) is 0.747. The zero-order chi connectivity index (χ0) is 18.0. The molecule has 1 fully saturated rings. The smallest absolute Gasteiger partial charge is 0.410 e. The van der Waals surface area contributed by atoms with Gasteiger partial charge in [-0.05, 0) is 77.3 Å². The van der Waals surface area contributed by atoms with Gasteiger partial charge in [0.15, 0.2) is 0 Å². The largest absolute Gasteiger partial charge is 0.444 e. The van der Waals surface area contributed by atoms with Crippen LogP contribution in [0.15, 0.2) is 17.3 Å². The van der Waals surface area contributed by atoms with E-state index in [1.807, 2.05) is 31.9 Å². The number of hydrogen-bond acceptors (Lipinski definition) is 4. The van der Waals surface area contributed by atoms with Gasteiger partial charge in [0.2, 0.25) is 0 Å². The lowest BCUT2D eigenvalue weighted by Gasteiger charge is -2.33. The van der Waals surface area contributed by atoms with Crippen molar-refractivity contribution in [3.05, 3.63) is 23.5 Å². The Kier molecular flexibility index (Phi) is 5.11. The third kappa shape index (κ3) is 4.59. The number of likely N-dealkylation sites (tertiary alicyclic amines) is 1. The fourth-order valence-corrected chi connectivity index (χ4v) is 3.50. The van der Waals surface area contributed by atoms with Crippen molar-refractivity contribution in [3.8, 4) is 0 Å². The predicted molar refractivity (Wildman–Crippen MR) is 99.7 cm³/mol. The Morgan fingerprint density at radius 2 is 1.96 bits per heavy atom. The van der Waals surface area contributed by atoms with E-state index in [1.165, 1.54) is 11.3 Å². The lowest BCUT2D eigenvalue weighted by molar-refractivity contribution is 0.0205. The second-order valence-corrected chi connectivity index (χ2v) is 8.18. The Morgan fingerprint density at radius 1 is 1.24 bits per heavy atom. The van der Waals surface area contributed by atoms with E-state index in [-0.39, 0.29) is 6.09 Å². The van der Waals surface area contributed by atoms with Crippen LogP contribution in [0, 0.1) is 0 Å². The average molecular weight is 343 g/mol. The van der Waals surface area contributed by atoms with Gasteiger partial charge in [0.25, 0.3) is 0 Å². The number of pyridine rings is 1. The molecule has 3 rings (SSSR count). The highest BCUT2D eigenvalue weighted by Crippen LogP contribution is 2.32. The first kappa shape index (κ1) is 17.9. The minimum absolute atomic E-state index is 0.203.